The zero-order valence-corrected chi connectivity index (χ0v) is 10.7. The molecule has 1 aliphatic rings. The van der Waals surface area contributed by atoms with Crippen LogP contribution in [0, 0.1) is 0 Å². The zero-order chi connectivity index (χ0) is 13.1. The molecule has 1 saturated carbocycles. The molecule has 0 spiro atoms. The van der Waals surface area contributed by atoms with Crippen molar-refractivity contribution in [2.45, 2.75) is 57.6 Å². The van der Waals surface area contributed by atoms with Gasteiger partial charge >= 0.3 is 11.9 Å². The highest BCUT2D eigenvalue weighted by atomic mass is 16.6. The predicted molar refractivity (Wildman–Crippen MR) is 62.7 cm³/mol. The molecule has 5 nitrogen and oxygen atoms in total. The Morgan fingerprint density at radius 3 is 2.24 bits per heavy atom. The van der Waals surface area contributed by atoms with E-state index in [0.29, 0.717) is 12.8 Å². The van der Waals surface area contributed by atoms with Gasteiger partial charge in [-0.05, 0) is 33.6 Å². The number of carboxylic acids is 1. The van der Waals surface area contributed by atoms with E-state index in [1.807, 2.05) is 20.8 Å². The summed E-state index contributed by atoms with van der Waals surface area (Å²) in [4.78, 5) is 22.7. The van der Waals surface area contributed by atoms with Crippen LogP contribution in [-0.4, -0.2) is 34.7 Å². The Morgan fingerprint density at radius 2 is 1.82 bits per heavy atom. The quantitative estimate of drug-likeness (QED) is 0.728. The van der Waals surface area contributed by atoms with Crippen molar-refractivity contribution >= 4 is 11.9 Å². The highest BCUT2D eigenvalue weighted by molar-refractivity contribution is 5.82. The number of aliphatic carboxylic acids is 1. The number of carbonyl (C=O) groups is 2. The van der Waals surface area contributed by atoms with Crippen LogP contribution in [0.25, 0.3) is 0 Å². The minimum absolute atomic E-state index is 0.209. The smallest absolute Gasteiger partial charge is 0.326 e. The number of carboxylic acid groups (broad SMARTS) is 1. The number of hydrogen-bond donors (Lipinski definition) is 2. The van der Waals surface area contributed by atoms with Gasteiger partial charge in [0.1, 0.15) is 11.1 Å². The second kappa shape index (κ2) is 5.04. The first-order valence-corrected chi connectivity index (χ1v) is 5.95. The van der Waals surface area contributed by atoms with Crippen molar-refractivity contribution in [2.75, 3.05) is 6.54 Å². The van der Waals surface area contributed by atoms with Gasteiger partial charge in [-0.3, -0.25) is 14.9 Å². The van der Waals surface area contributed by atoms with Crippen molar-refractivity contribution in [1.29, 1.82) is 0 Å². The Kier molecular flexibility index (Phi) is 4.14. The Bertz CT molecular complexity index is 300. The zero-order valence-electron chi connectivity index (χ0n) is 10.7. The van der Waals surface area contributed by atoms with Crippen LogP contribution in [0.5, 0.6) is 0 Å². The molecule has 0 aromatic rings. The summed E-state index contributed by atoms with van der Waals surface area (Å²) >= 11 is 0. The molecular formula is C12H21NO4. The van der Waals surface area contributed by atoms with Crippen LogP contribution in [0.4, 0.5) is 0 Å². The lowest BCUT2D eigenvalue weighted by atomic mass is 9.97. The van der Waals surface area contributed by atoms with Crippen LogP contribution < -0.4 is 5.32 Å². The molecule has 0 radical (unpaired) electrons. The maximum atomic E-state index is 12.1. The lowest BCUT2D eigenvalue weighted by Gasteiger charge is -2.31. The van der Waals surface area contributed by atoms with Crippen LogP contribution >= 0.6 is 0 Å². The molecule has 0 saturated heterocycles. The van der Waals surface area contributed by atoms with Gasteiger partial charge < -0.3 is 9.84 Å². The van der Waals surface area contributed by atoms with Gasteiger partial charge in [0, 0.05) is 0 Å². The molecule has 5 heteroatoms. The van der Waals surface area contributed by atoms with E-state index in [0.717, 1.165) is 12.8 Å². The SMILES string of the molecule is CC(C)(C)OC(=O)C1(NCC(=O)O)CCCC1. The molecule has 0 heterocycles. The van der Waals surface area contributed by atoms with Crippen molar-refractivity contribution in [3.8, 4) is 0 Å². The standard InChI is InChI=1S/C12H21NO4/c1-11(2,3)17-10(16)12(6-4-5-7-12)13-8-9(14)15/h13H,4-8H2,1-3H3,(H,14,15). The van der Waals surface area contributed by atoms with E-state index in [2.05, 4.69) is 5.32 Å². The molecule has 1 rings (SSSR count). The van der Waals surface area contributed by atoms with Crippen LogP contribution in [0.15, 0.2) is 0 Å². The molecule has 0 aromatic heterocycles. The summed E-state index contributed by atoms with van der Waals surface area (Å²) in [6, 6.07) is 0. The van der Waals surface area contributed by atoms with Crippen LogP contribution in [0.3, 0.4) is 0 Å². The number of hydrogen-bond acceptors (Lipinski definition) is 4. The fourth-order valence-corrected chi connectivity index (χ4v) is 2.05. The average Bonchev–Trinajstić information content (AvgIpc) is 2.61. The van der Waals surface area contributed by atoms with Gasteiger partial charge in [0.2, 0.25) is 0 Å². The molecule has 0 aliphatic heterocycles. The number of carbonyl (C=O) groups excluding carboxylic acids is 1. The van der Waals surface area contributed by atoms with Gasteiger partial charge in [-0.15, -0.1) is 0 Å². The number of esters is 1. The van der Waals surface area contributed by atoms with E-state index >= 15 is 0 Å². The first-order valence-electron chi connectivity index (χ1n) is 5.95. The predicted octanol–water partition coefficient (Wildman–Crippen LogP) is 1.32. The fourth-order valence-electron chi connectivity index (χ4n) is 2.05. The second-order valence-electron chi connectivity index (χ2n) is 5.54. The molecule has 17 heavy (non-hydrogen) atoms. The molecule has 0 atom stereocenters. The van der Waals surface area contributed by atoms with Crippen molar-refractivity contribution in [3.63, 3.8) is 0 Å². The molecule has 1 aliphatic carbocycles. The highest BCUT2D eigenvalue weighted by Crippen LogP contribution is 2.32. The van der Waals surface area contributed by atoms with Crippen molar-refractivity contribution < 1.29 is 19.4 Å². The molecular weight excluding hydrogens is 222 g/mol. The largest absolute Gasteiger partial charge is 0.480 e. The van der Waals surface area contributed by atoms with E-state index in [1.165, 1.54) is 0 Å². The van der Waals surface area contributed by atoms with Crippen LogP contribution in [-0.2, 0) is 14.3 Å². The van der Waals surface area contributed by atoms with Crippen molar-refractivity contribution in [1.82, 2.24) is 5.32 Å². The molecule has 1 fully saturated rings. The first kappa shape index (κ1) is 14.0. The van der Waals surface area contributed by atoms with Gasteiger partial charge in [-0.1, -0.05) is 12.8 Å². The van der Waals surface area contributed by atoms with Gasteiger partial charge in [0.25, 0.3) is 0 Å². The molecule has 0 unspecified atom stereocenters. The summed E-state index contributed by atoms with van der Waals surface area (Å²) in [5.74, 6) is -1.29. The monoisotopic (exact) mass is 243 g/mol. The second-order valence-corrected chi connectivity index (χ2v) is 5.54. The van der Waals surface area contributed by atoms with Gasteiger partial charge in [0.05, 0.1) is 6.54 Å². The topological polar surface area (TPSA) is 75.6 Å². The lowest BCUT2D eigenvalue weighted by Crippen LogP contribution is -2.53. The Labute approximate surface area is 102 Å². The number of nitrogens with one attached hydrogen (secondary N) is 1. The molecule has 0 amide bonds. The van der Waals surface area contributed by atoms with E-state index in [-0.39, 0.29) is 12.5 Å². The van der Waals surface area contributed by atoms with Crippen molar-refractivity contribution in [3.05, 3.63) is 0 Å². The highest BCUT2D eigenvalue weighted by Gasteiger charge is 2.43. The van der Waals surface area contributed by atoms with Crippen molar-refractivity contribution in [2.24, 2.45) is 0 Å². The van der Waals surface area contributed by atoms with E-state index in [1.54, 1.807) is 0 Å². The summed E-state index contributed by atoms with van der Waals surface area (Å²) in [5.41, 5.74) is -1.34. The summed E-state index contributed by atoms with van der Waals surface area (Å²) in [6.45, 7) is 5.22. The van der Waals surface area contributed by atoms with Gasteiger partial charge in [-0.25, -0.2) is 0 Å². The van der Waals surface area contributed by atoms with E-state index in [9.17, 15) is 9.59 Å². The summed E-state index contributed by atoms with van der Waals surface area (Å²) in [7, 11) is 0. The third-order valence-electron chi connectivity index (χ3n) is 2.82. The lowest BCUT2D eigenvalue weighted by molar-refractivity contribution is -0.163. The number of ether oxygens (including phenoxy) is 1. The Morgan fingerprint density at radius 1 is 1.29 bits per heavy atom. The Balaban J connectivity index is 2.70. The third kappa shape index (κ3) is 4.00. The van der Waals surface area contributed by atoms with Crippen LogP contribution in [0.2, 0.25) is 0 Å². The normalized spacial score (nSPS) is 19.0. The summed E-state index contributed by atoms with van der Waals surface area (Å²) < 4.78 is 5.36. The minimum Gasteiger partial charge on any atom is -0.480 e. The molecule has 98 valence electrons. The maximum Gasteiger partial charge on any atom is 0.326 e. The molecule has 0 aromatic carbocycles. The van der Waals surface area contributed by atoms with Gasteiger partial charge in [-0.2, -0.15) is 0 Å². The molecule has 0 bridgehead atoms. The maximum absolute atomic E-state index is 12.1. The Hall–Kier alpha value is -1.10. The van der Waals surface area contributed by atoms with Crippen LogP contribution in [0.1, 0.15) is 46.5 Å². The fraction of sp³-hybridized carbons (Fsp3) is 0.833. The summed E-state index contributed by atoms with van der Waals surface area (Å²) in [6.07, 6.45) is 3.14. The molecule has 2 N–H and O–H groups in total. The first-order chi connectivity index (χ1) is 7.75. The number of rotatable bonds is 4. The van der Waals surface area contributed by atoms with Gasteiger partial charge in [0.15, 0.2) is 0 Å². The summed E-state index contributed by atoms with van der Waals surface area (Å²) in [5, 5.41) is 11.5. The van der Waals surface area contributed by atoms with E-state index in [4.69, 9.17) is 9.84 Å². The third-order valence-corrected chi connectivity index (χ3v) is 2.82. The van der Waals surface area contributed by atoms with E-state index < -0.39 is 17.1 Å². The average molecular weight is 243 g/mol. The minimum atomic E-state index is -0.958.